The zero-order valence-corrected chi connectivity index (χ0v) is 11.6. The Labute approximate surface area is 116 Å². The van der Waals surface area contributed by atoms with Gasteiger partial charge in [0, 0.05) is 0 Å². The van der Waals surface area contributed by atoms with Crippen molar-refractivity contribution in [2.75, 3.05) is 0 Å². The first-order valence-electron chi connectivity index (χ1n) is 6.74. The second kappa shape index (κ2) is 5.47. The summed E-state index contributed by atoms with van der Waals surface area (Å²) in [5, 5.41) is 0. The molecule has 3 rings (SSSR count). The predicted molar refractivity (Wildman–Crippen MR) is 75.6 cm³/mol. The smallest absolute Gasteiger partial charge is 0.360 e. The topological polar surface area (TPSA) is 35.5 Å². The lowest BCUT2D eigenvalue weighted by Crippen LogP contribution is -2.23. The lowest BCUT2D eigenvalue weighted by molar-refractivity contribution is 0.144. The van der Waals surface area contributed by atoms with Crippen molar-refractivity contribution >= 4 is 17.4 Å². The van der Waals surface area contributed by atoms with E-state index in [1.54, 1.807) is 18.2 Å². The molecule has 4 heteroatoms. The molecule has 0 spiro atoms. The van der Waals surface area contributed by atoms with E-state index in [2.05, 4.69) is 6.58 Å². The SMILES string of the molecule is C=Cc1ccc(OS(=O)OC2CC3CCC2C3)cc1. The van der Waals surface area contributed by atoms with Crippen LogP contribution >= 0.6 is 0 Å². The minimum absolute atomic E-state index is 0.118. The van der Waals surface area contributed by atoms with Gasteiger partial charge in [0.1, 0.15) is 5.75 Å². The van der Waals surface area contributed by atoms with E-state index in [-0.39, 0.29) is 6.10 Å². The van der Waals surface area contributed by atoms with Crippen molar-refractivity contribution in [1.29, 1.82) is 0 Å². The molecule has 102 valence electrons. The number of hydrogen-bond donors (Lipinski definition) is 0. The molecule has 1 aromatic carbocycles. The van der Waals surface area contributed by atoms with Gasteiger partial charge in [-0.25, -0.2) is 0 Å². The van der Waals surface area contributed by atoms with Crippen LogP contribution in [0.2, 0.25) is 0 Å². The van der Waals surface area contributed by atoms with Crippen LogP contribution in [0.1, 0.15) is 31.2 Å². The molecule has 0 aliphatic heterocycles. The van der Waals surface area contributed by atoms with Gasteiger partial charge in [-0.05, 0) is 55.2 Å². The lowest BCUT2D eigenvalue weighted by atomic mass is 9.98. The minimum atomic E-state index is -1.70. The van der Waals surface area contributed by atoms with Crippen molar-refractivity contribution in [3.05, 3.63) is 36.4 Å². The van der Waals surface area contributed by atoms with E-state index in [0.29, 0.717) is 11.7 Å². The summed E-state index contributed by atoms with van der Waals surface area (Å²) in [6, 6.07) is 7.30. The normalized spacial score (nSPS) is 30.2. The van der Waals surface area contributed by atoms with Crippen molar-refractivity contribution in [3.63, 3.8) is 0 Å². The van der Waals surface area contributed by atoms with Gasteiger partial charge in [-0.15, -0.1) is 0 Å². The Morgan fingerprint density at radius 2 is 2.00 bits per heavy atom. The van der Waals surface area contributed by atoms with Crippen LogP contribution in [0.5, 0.6) is 5.75 Å². The first-order chi connectivity index (χ1) is 9.24. The Balaban J connectivity index is 1.54. The van der Waals surface area contributed by atoms with E-state index in [1.807, 2.05) is 12.1 Å². The molecule has 0 N–H and O–H groups in total. The van der Waals surface area contributed by atoms with E-state index >= 15 is 0 Å². The Hall–Kier alpha value is -1.13. The highest BCUT2D eigenvalue weighted by atomic mass is 32.2. The monoisotopic (exact) mass is 278 g/mol. The summed E-state index contributed by atoms with van der Waals surface area (Å²) in [6.45, 7) is 3.69. The fraction of sp³-hybridized carbons (Fsp3) is 0.467. The van der Waals surface area contributed by atoms with Gasteiger partial charge in [0.25, 0.3) is 0 Å². The Morgan fingerprint density at radius 3 is 2.58 bits per heavy atom. The van der Waals surface area contributed by atoms with Crippen molar-refractivity contribution in [1.82, 2.24) is 0 Å². The van der Waals surface area contributed by atoms with Crippen LogP contribution in [-0.4, -0.2) is 10.3 Å². The Bertz CT molecular complexity index is 483. The highest BCUT2D eigenvalue weighted by molar-refractivity contribution is 7.75. The fourth-order valence-corrected chi connectivity index (χ4v) is 3.91. The molecule has 2 fully saturated rings. The summed E-state index contributed by atoms with van der Waals surface area (Å²) in [7, 11) is 0. The molecule has 0 saturated heterocycles. The average Bonchev–Trinajstić information content (AvgIpc) is 3.02. The Morgan fingerprint density at radius 1 is 1.21 bits per heavy atom. The zero-order valence-electron chi connectivity index (χ0n) is 10.8. The fourth-order valence-electron chi connectivity index (χ4n) is 3.16. The van der Waals surface area contributed by atoms with Crippen molar-refractivity contribution in [3.8, 4) is 5.75 Å². The van der Waals surface area contributed by atoms with Crippen molar-refractivity contribution in [2.24, 2.45) is 11.8 Å². The highest BCUT2D eigenvalue weighted by Gasteiger charge is 2.41. The van der Waals surface area contributed by atoms with Crippen LogP contribution < -0.4 is 4.18 Å². The van der Waals surface area contributed by atoms with Gasteiger partial charge < -0.3 is 4.18 Å². The Kier molecular flexibility index (Phi) is 3.71. The first kappa shape index (κ1) is 12.9. The second-order valence-electron chi connectivity index (χ2n) is 5.37. The van der Waals surface area contributed by atoms with Gasteiger partial charge in [0.05, 0.1) is 6.10 Å². The summed E-state index contributed by atoms with van der Waals surface area (Å²) in [6.07, 6.45) is 6.66. The van der Waals surface area contributed by atoms with Crippen LogP contribution in [-0.2, 0) is 15.5 Å². The quantitative estimate of drug-likeness (QED) is 0.827. The molecule has 2 aliphatic rings. The molecule has 2 bridgehead atoms. The maximum Gasteiger partial charge on any atom is 0.360 e. The van der Waals surface area contributed by atoms with Gasteiger partial charge in [0.15, 0.2) is 0 Å². The third-order valence-electron chi connectivity index (χ3n) is 4.16. The average molecular weight is 278 g/mol. The van der Waals surface area contributed by atoms with Crippen LogP contribution in [0.3, 0.4) is 0 Å². The molecule has 2 aliphatic carbocycles. The summed E-state index contributed by atoms with van der Waals surface area (Å²) >= 11 is -1.70. The van der Waals surface area contributed by atoms with Gasteiger partial charge in [-0.3, -0.25) is 4.18 Å². The summed E-state index contributed by atoms with van der Waals surface area (Å²) in [5.41, 5.74) is 1.01. The molecule has 19 heavy (non-hydrogen) atoms. The van der Waals surface area contributed by atoms with Gasteiger partial charge in [-0.2, -0.15) is 4.21 Å². The van der Waals surface area contributed by atoms with Crippen LogP contribution in [0, 0.1) is 11.8 Å². The van der Waals surface area contributed by atoms with E-state index in [9.17, 15) is 4.21 Å². The third-order valence-corrected chi connectivity index (χ3v) is 4.89. The summed E-state index contributed by atoms with van der Waals surface area (Å²) < 4.78 is 22.7. The van der Waals surface area contributed by atoms with Crippen molar-refractivity contribution in [2.45, 2.75) is 31.8 Å². The van der Waals surface area contributed by atoms with Crippen molar-refractivity contribution < 1.29 is 12.6 Å². The molecule has 0 amide bonds. The zero-order chi connectivity index (χ0) is 13.2. The minimum Gasteiger partial charge on any atom is -0.380 e. The van der Waals surface area contributed by atoms with Gasteiger partial charge in [-0.1, -0.05) is 24.8 Å². The number of fused-ring (bicyclic) bond motifs is 2. The number of hydrogen-bond acceptors (Lipinski definition) is 3. The molecule has 0 aromatic heterocycles. The molecule has 0 radical (unpaired) electrons. The predicted octanol–water partition coefficient (Wildman–Crippen LogP) is 3.49. The molecule has 4 unspecified atom stereocenters. The first-order valence-corrected chi connectivity index (χ1v) is 7.74. The molecule has 2 saturated carbocycles. The van der Waals surface area contributed by atoms with Crippen LogP contribution in [0.4, 0.5) is 0 Å². The molecule has 0 heterocycles. The van der Waals surface area contributed by atoms with E-state index in [1.165, 1.54) is 19.3 Å². The van der Waals surface area contributed by atoms with E-state index < -0.39 is 11.4 Å². The van der Waals surface area contributed by atoms with E-state index in [4.69, 9.17) is 8.37 Å². The third kappa shape index (κ3) is 2.90. The molecule has 3 nitrogen and oxygen atoms in total. The van der Waals surface area contributed by atoms with Gasteiger partial charge >= 0.3 is 11.4 Å². The molecule has 4 atom stereocenters. The standard InChI is InChI=1S/C15H18O3S/c1-2-11-4-7-14(8-5-11)17-19(16)18-15-10-12-3-6-13(15)9-12/h2,4-5,7-8,12-13,15H,1,3,6,9-10H2. The van der Waals surface area contributed by atoms with Crippen LogP contribution in [0.15, 0.2) is 30.8 Å². The second-order valence-corrected chi connectivity index (χ2v) is 6.14. The highest BCUT2D eigenvalue weighted by Crippen LogP contribution is 2.46. The number of benzene rings is 1. The molecular weight excluding hydrogens is 260 g/mol. The molecular formula is C15H18O3S. The van der Waals surface area contributed by atoms with E-state index in [0.717, 1.165) is 17.9 Å². The maximum absolute atomic E-state index is 11.8. The molecule has 1 aromatic rings. The summed E-state index contributed by atoms with van der Waals surface area (Å²) in [4.78, 5) is 0. The van der Waals surface area contributed by atoms with Gasteiger partial charge in [0.2, 0.25) is 0 Å². The van der Waals surface area contributed by atoms with Crippen LogP contribution in [0.25, 0.3) is 6.08 Å². The lowest BCUT2D eigenvalue weighted by Gasteiger charge is -2.20. The number of rotatable bonds is 5. The maximum atomic E-state index is 11.8. The largest absolute Gasteiger partial charge is 0.380 e. The summed E-state index contributed by atoms with van der Waals surface area (Å²) in [5.74, 6) is 1.92.